The standard InChI is InChI=1S/C9H11N5O2S/c1-10-9-12-11-7(17-9)5-14-8(15)4-3-6(13-14)16-2/h3-4H,5H2,1-2H3,(H,10,12). The Kier molecular flexibility index (Phi) is 3.33. The third-order valence-corrected chi connectivity index (χ3v) is 2.94. The van der Waals surface area contributed by atoms with Crippen LogP contribution in [0.2, 0.25) is 0 Å². The number of hydrogen-bond acceptors (Lipinski definition) is 7. The number of ether oxygens (including phenoxy) is 1. The van der Waals surface area contributed by atoms with Gasteiger partial charge < -0.3 is 10.1 Å². The van der Waals surface area contributed by atoms with Crippen LogP contribution < -0.4 is 15.6 Å². The summed E-state index contributed by atoms with van der Waals surface area (Å²) in [5, 5.41) is 16.1. The minimum Gasteiger partial charge on any atom is -0.480 e. The van der Waals surface area contributed by atoms with Crippen molar-refractivity contribution < 1.29 is 4.74 Å². The highest BCUT2D eigenvalue weighted by Gasteiger charge is 2.06. The van der Waals surface area contributed by atoms with Crippen molar-refractivity contribution in [3.05, 3.63) is 27.5 Å². The first kappa shape index (κ1) is 11.5. The third kappa shape index (κ3) is 2.59. The van der Waals surface area contributed by atoms with Gasteiger partial charge in [0.1, 0.15) is 5.01 Å². The van der Waals surface area contributed by atoms with Crippen molar-refractivity contribution in [2.75, 3.05) is 19.5 Å². The molecule has 2 heterocycles. The maximum absolute atomic E-state index is 11.6. The number of rotatable bonds is 4. The number of aromatic nitrogens is 4. The van der Waals surface area contributed by atoms with Crippen molar-refractivity contribution in [2.45, 2.75) is 6.54 Å². The van der Waals surface area contributed by atoms with Crippen LogP contribution in [0.25, 0.3) is 0 Å². The summed E-state index contributed by atoms with van der Waals surface area (Å²) >= 11 is 1.38. The molecule has 0 spiro atoms. The fourth-order valence-corrected chi connectivity index (χ4v) is 1.87. The maximum atomic E-state index is 11.6. The van der Waals surface area contributed by atoms with Crippen LogP contribution in [0.1, 0.15) is 5.01 Å². The fraction of sp³-hybridized carbons (Fsp3) is 0.333. The molecule has 90 valence electrons. The Morgan fingerprint density at radius 2 is 2.29 bits per heavy atom. The molecule has 2 aromatic heterocycles. The van der Waals surface area contributed by atoms with Crippen LogP contribution in [-0.4, -0.2) is 34.1 Å². The van der Waals surface area contributed by atoms with E-state index in [2.05, 4.69) is 20.6 Å². The van der Waals surface area contributed by atoms with Gasteiger partial charge in [0.15, 0.2) is 0 Å². The van der Waals surface area contributed by atoms with Gasteiger partial charge in [-0.2, -0.15) is 0 Å². The van der Waals surface area contributed by atoms with E-state index in [-0.39, 0.29) is 12.1 Å². The Morgan fingerprint density at radius 1 is 1.47 bits per heavy atom. The molecule has 2 aromatic rings. The smallest absolute Gasteiger partial charge is 0.267 e. The molecule has 0 saturated heterocycles. The Hall–Kier alpha value is -1.96. The lowest BCUT2D eigenvalue weighted by Gasteiger charge is -2.03. The van der Waals surface area contributed by atoms with Crippen molar-refractivity contribution >= 4 is 16.5 Å². The molecule has 8 heteroatoms. The summed E-state index contributed by atoms with van der Waals surface area (Å²) in [6.45, 7) is 0.287. The molecule has 0 unspecified atom stereocenters. The molecule has 0 aliphatic heterocycles. The van der Waals surface area contributed by atoms with E-state index in [4.69, 9.17) is 4.74 Å². The Labute approximate surface area is 101 Å². The average Bonchev–Trinajstić information content (AvgIpc) is 2.80. The predicted molar refractivity (Wildman–Crippen MR) is 63.6 cm³/mol. The number of nitrogens with one attached hydrogen (secondary N) is 1. The van der Waals surface area contributed by atoms with Crippen molar-refractivity contribution in [3.63, 3.8) is 0 Å². The van der Waals surface area contributed by atoms with E-state index in [1.807, 2.05) is 0 Å². The minimum atomic E-state index is -0.202. The van der Waals surface area contributed by atoms with Crippen LogP contribution in [0.5, 0.6) is 5.88 Å². The molecule has 17 heavy (non-hydrogen) atoms. The van der Waals surface area contributed by atoms with Gasteiger partial charge in [0.2, 0.25) is 11.0 Å². The summed E-state index contributed by atoms with van der Waals surface area (Å²) in [4.78, 5) is 11.6. The normalized spacial score (nSPS) is 10.2. The lowest BCUT2D eigenvalue weighted by atomic mass is 10.5. The van der Waals surface area contributed by atoms with Crippen molar-refractivity contribution in [1.29, 1.82) is 0 Å². The third-order valence-electron chi connectivity index (χ3n) is 2.02. The molecule has 0 bridgehead atoms. The number of nitrogens with zero attached hydrogens (tertiary/aromatic N) is 4. The first-order chi connectivity index (χ1) is 8.22. The van der Waals surface area contributed by atoms with Crippen molar-refractivity contribution in [2.24, 2.45) is 0 Å². The lowest BCUT2D eigenvalue weighted by Crippen LogP contribution is -2.22. The molecule has 0 aliphatic carbocycles. The summed E-state index contributed by atoms with van der Waals surface area (Å²) in [6, 6.07) is 2.93. The van der Waals surface area contributed by atoms with E-state index < -0.39 is 0 Å². The summed E-state index contributed by atoms with van der Waals surface area (Å²) in [5.74, 6) is 0.392. The lowest BCUT2D eigenvalue weighted by molar-refractivity contribution is 0.378. The first-order valence-corrected chi connectivity index (χ1v) is 5.67. The van der Waals surface area contributed by atoms with Crippen LogP contribution in [0.4, 0.5) is 5.13 Å². The van der Waals surface area contributed by atoms with E-state index in [0.717, 1.165) is 0 Å². The molecule has 0 radical (unpaired) electrons. The topological polar surface area (TPSA) is 81.9 Å². The van der Waals surface area contributed by atoms with Gasteiger partial charge in [0.05, 0.1) is 13.7 Å². The van der Waals surface area contributed by atoms with Crippen LogP contribution in [0, 0.1) is 0 Å². The Balaban J connectivity index is 2.25. The largest absolute Gasteiger partial charge is 0.480 e. The number of anilines is 1. The molecule has 0 aromatic carbocycles. The average molecular weight is 253 g/mol. The van der Waals surface area contributed by atoms with Gasteiger partial charge >= 0.3 is 0 Å². The zero-order valence-electron chi connectivity index (χ0n) is 9.38. The van der Waals surface area contributed by atoms with Crippen LogP contribution >= 0.6 is 11.3 Å². The Morgan fingerprint density at radius 3 is 2.94 bits per heavy atom. The summed E-state index contributed by atoms with van der Waals surface area (Å²) in [5.41, 5.74) is -0.202. The van der Waals surface area contributed by atoms with Crippen LogP contribution in [0.3, 0.4) is 0 Å². The molecule has 2 rings (SSSR count). The van der Waals surface area contributed by atoms with Crippen LogP contribution in [0.15, 0.2) is 16.9 Å². The van der Waals surface area contributed by atoms with Crippen LogP contribution in [-0.2, 0) is 6.54 Å². The van der Waals surface area contributed by atoms with E-state index in [1.54, 1.807) is 7.05 Å². The Bertz CT molecular complexity index is 565. The maximum Gasteiger partial charge on any atom is 0.267 e. The van der Waals surface area contributed by atoms with E-state index in [9.17, 15) is 4.79 Å². The molecule has 0 amide bonds. The molecular weight excluding hydrogens is 242 g/mol. The van der Waals surface area contributed by atoms with Gasteiger partial charge in [-0.25, -0.2) is 4.68 Å². The number of hydrogen-bond donors (Lipinski definition) is 1. The quantitative estimate of drug-likeness (QED) is 0.837. The van der Waals surface area contributed by atoms with Crippen molar-refractivity contribution in [1.82, 2.24) is 20.0 Å². The molecule has 0 fully saturated rings. The number of methoxy groups -OCH3 is 1. The second-order valence-corrected chi connectivity index (χ2v) is 4.18. The van der Waals surface area contributed by atoms with Crippen molar-refractivity contribution in [3.8, 4) is 5.88 Å². The highest BCUT2D eigenvalue weighted by molar-refractivity contribution is 7.15. The van der Waals surface area contributed by atoms with E-state index in [0.29, 0.717) is 16.0 Å². The molecule has 1 N–H and O–H groups in total. The second-order valence-electron chi connectivity index (χ2n) is 3.12. The highest BCUT2D eigenvalue weighted by Crippen LogP contribution is 2.14. The first-order valence-electron chi connectivity index (χ1n) is 4.85. The van der Waals surface area contributed by atoms with Gasteiger partial charge in [-0.15, -0.1) is 15.3 Å². The fourth-order valence-electron chi connectivity index (χ4n) is 1.20. The van der Waals surface area contributed by atoms with E-state index >= 15 is 0 Å². The van der Waals surface area contributed by atoms with Gasteiger partial charge in [-0.3, -0.25) is 4.79 Å². The molecule has 0 atom stereocenters. The van der Waals surface area contributed by atoms with Gasteiger partial charge in [-0.1, -0.05) is 11.3 Å². The van der Waals surface area contributed by atoms with Gasteiger partial charge in [-0.05, 0) is 0 Å². The summed E-state index contributed by atoms with van der Waals surface area (Å²) < 4.78 is 6.25. The highest BCUT2D eigenvalue weighted by atomic mass is 32.1. The van der Waals surface area contributed by atoms with Gasteiger partial charge in [0.25, 0.3) is 5.56 Å². The molecule has 0 aliphatic rings. The molecule has 0 saturated carbocycles. The zero-order valence-corrected chi connectivity index (χ0v) is 10.2. The van der Waals surface area contributed by atoms with Gasteiger partial charge in [0, 0.05) is 19.2 Å². The summed E-state index contributed by atoms with van der Waals surface area (Å²) in [7, 11) is 3.27. The SMILES string of the molecule is CNc1nnc(Cn2nc(OC)ccc2=O)s1. The minimum absolute atomic E-state index is 0.202. The zero-order chi connectivity index (χ0) is 12.3. The second kappa shape index (κ2) is 4.91. The summed E-state index contributed by atoms with van der Waals surface area (Å²) in [6.07, 6.45) is 0. The predicted octanol–water partition coefficient (Wildman–Crippen LogP) is 0.193. The molecular formula is C9H11N5O2S. The molecule has 7 nitrogen and oxygen atoms in total. The van der Waals surface area contributed by atoms with E-state index in [1.165, 1.54) is 35.3 Å². The monoisotopic (exact) mass is 253 g/mol.